The molecule has 6 heterocycles. The van der Waals surface area contributed by atoms with E-state index in [9.17, 15) is 9.18 Å². The Kier molecular flexibility index (Phi) is 6.32. The second-order valence-electron chi connectivity index (χ2n) is 13.0. The largest absolute Gasteiger partial charge is 0.375 e. The molecular formula is C31H34ClFN8OS2. The van der Waals surface area contributed by atoms with Gasteiger partial charge in [-0.05, 0) is 44.0 Å². The van der Waals surface area contributed by atoms with E-state index in [-0.39, 0.29) is 17.0 Å². The zero-order chi connectivity index (χ0) is 29.9. The van der Waals surface area contributed by atoms with Gasteiger partial charge >= 0.3 is 5.69 Å². The van der Waals surface area contributed by atoms with Crippen molar-refractivity contribution in [1.82, 2.24) is 29.7 Å². The summed E-state index contributed by atoms with van der Waals surface area (Å²) >= 11 is 10.1. The number of hydrogen-bond acceptors (Lipinski definition) is 10. The summed E-state index contributed by atoms with van der Waals surface area (Å²) in [7, 11) is 0. The Labute approximate surface area is 267 Å². The molecule has 1 spiro atoms. The summed E-state index contributed by atoms with van der Waals surface area (Å²) in [5.41, 5.74) is 8.49. The van der Waals surface area contributed by atoms with Gasteiger partial charge in [0.15, 0.2) is 5.13 Å². The molecule has 3 saturated heterocycles. The second-order valence-corrected chi connectivity index (χ2v) is 15.4. The lowest BCUT2D eigenvalue weighted by molar-refractivity contribution is 0.120. The first-order valence-corrected chi connectivity index (χ1v) is 17.8. The molecule has 4 fully saturated rings. The first kappa shape index (κ1) is 27.8. The molecule has 4 aromatic rings. The van der Waals surface area contributed by atoms with E-state index in [0.717, 1.165) is 115 Å². The van der Waals surface area contributed by atoms with Gasteiger partial charge in [-0.1, -0.05) is 29.9 Å². The van der Waals surface area contributed by atoms with Crippen LogP contribution >= 0.6 is 34.7 Å². The highest BCUT2D eigenvalue weighted by Gasteiger charge is 2.61. The molecule has 4 unspecified atom stereocenters. The first-order valence-electron chi connectivity index (χ1n) is 15.6. The second kappa shape index (κ2) is 10.0. The van der Waals surface area contributed by atoms with Crippen molar-refractivity contribution in [3.05, 3.63) is 39.5 Å². The molecule has 2 bridgehead atoms. The Morgan fingerprint density at radius 1 is 1.16 bits per heavy atom. The maximum absolute atomic E-state index is 14.9. The number of hydrogen-bond donors (Lipinski definition) is 2. The fourth-order valence-corrected chi connectivity index (χ4v) is 11.0. The minimum Gasteiger partial charge on any atom is -0.375 e. The number of anilines is 2. The minimum absolute atomic E-state index is 0.190. The molecular weight excluding hydrogens is 619 g/mol. The fourth-order valence-electron chi connectivity index (χ4n) is 8.31. The van der Waals surface area contributed by atoms with Crippen molar-refractivity contribution < 1.29 is 4.39 Å². The van der Waals surface area contributed by atoms with Crippen LogP contribution in [0.3, 0.4) is 0 Å². The number of thiazole rings is 1. The van der Waals surface area contributed by atoms with E-state index in [1.54, 1.807) is 17.8 Å². The van der Waals surface area contributed by atoms with Gasteiger partial charge in [0.1, 0.15) is 11.6 Å². The summed E-state index contributed by atoms with van der Waals surface area (Å²) in [4.78, 5) is 32.0. The minimum atomic E-state index is -0.351. The summed E-state index contributed by atoms with van der Waals surface area (Å²) in [5, 5.41) is 5.47. The zero-order valence-electron chi connectivity index (χ0n) is 24.5. The van der Waals surface area contributed by atoms with Gasteiger partial charge in [0.05, 0.1) is 26.3 Å². The van der Waals surface area contributed by atoms with Crippen LogP contribution in [-0.2, 0) is 5.54 Å². The normalized spacial score (nSPS) is 28.5. The van der Waals surface area contributed by atoms with Crippen LogP contribution in [0.5, 0.6) is 0 Å². The number of nitrogens with one attached hydrogen (secondary N) is 1. The third kappa shape index (κ3) is 4.04. The average molecular weight is 653 g/mol. The molecule has 5 aliphatic rings. The summed E-state index contributed by atoms with van der Waals surface area (Å²) in [5.74, 6) is 1.13. The van der Waals surface area contributed by atoms with E-state index in [1.807, 2.05) is 10.6 Å². The van der Waals surface area contributed by atoms with Crippen LogP contribution in [-0.4, -0.2) is 94.0 Å². The van der Waals surface area contributed by atoms with E-state index in [4.69, 9.17) is 22.3 Å². The Hall–Kier alpha value is -2.48. The van der Waals surface area contributed by atoms with Crippen LogP contribution < -0.4 is 21.6 Å². The molecule has 44 heavy (non-hydrogen) atoms. The van der Waals surface area contributed by atoms with Crippen LogP contribution in [0.1, 0.15) is 26.2 Å². The molecule has 1 aliphatic carbocycles. The van der Waals surface area contributed by atoms with Crippen LogP contribution in [0.15, 0.2) is 27.9 Å². The number of fused-ring (bicyclic) bond motifs is 4. The summed E-state index contributed by atoms with van der Waals surface area (Å²) in [6, 6.07) is 6.28. The number of halogens is 2. The number of nitrogen functional groups attached to an aromatic ring is 1. The van der Waals surface area contributed by atoms with Gasteiger partial charge in [-0.3, -0.25) is 9.47 Å². The number of thioether (sulfide) groups is 1. The van der Waals surface area contributed by atoms with E-state index < -0.39 is 0 Å². The van der Waals surface area contributed by atoms with E-state index >= 15 is 0 Å². The Balaban J connectivity index is 1.26. The van der Waals surface area contributed by atoms with Crippen molar-refractivity contribution in [2.45, 2.75) is 54.7 Å². The van der Waals surface area contributed by atoms with Gasteiger partial charge in [-0.15, -0.1) is 11.8 Å². The Morgan fingerprint density at radius 3 is 2.68 bits per heavy atom. The lowest BCUT2D eigenvalue weighted by Crippen LogP contribution is -2.52. The molecule has 13 heteroatoms. The molecule has 4 atom stereocenters. The number of rotatable bonds is 4. The Bertz CT molecular complexity index is 1900. The number of likely N-dealkylation sites (N-methyl/N-ethyl adjacent to an activating group) is 1. The SMILES string of the molecule is CCN1CCN(C2CC23CSc2c(-c4ccc(F)c5sc(N)nc45)c(Cl)cc4c(N5CC6CCC(C5)N6)nc(=O)n3c24)CC1. The highest BCUT2D eigenvalue weighted by Crippen LogP contribution is 2.58. The number of piperazine rings is 2. The van der Waals surface area contributed by atoms with Crippen LogP contribution in [0, 0.1) is 5.82 Å². The fraction of sp³-hybridized carbons (Fsp3) is 0.516. The Morgan fingerprint density at radius 2 is 1.93 bits per heavy atom. The molecule has 9 nitrogen and oxygen atoms in total. The number of benzene rings is 2. The molecule has 9 rings (SSSR count). The monoisotopic (exact) mass is 652 g/mol. The molecule has 230 valence electrons. The summed E-state index contributed by atoms with van der Waals surface area (Å²) in [6.07, 6.45) is 3.20. The van der Waals surface area contributed by atoms with Crippen molar-refractivity contribution in [2.24, 2.45) is 0 Å². The van der Waals surface area contributed by atoms with E-state index in [2.05, 4.69) is 31.9 Å². The van der Waals surface area contributed by atoms with Gasteiger partial charge in [-0.2, -0.15) is 4.98 Å². The third-order valence-electron chi connectivity index (χ3n) is 10.6. The standard InChI is InChI=1S/C31H34ClFN8OS2/c1-2-38-7-9-39(10-8-38)22-12-31(22)15-43-27-23(18-5-6-21(33)26-24(18)36-29(34)44-26)20(32)11-19-25(27)41(31)30(42)37-28(19)40-13-16-3-4-17(14-40)35-16/h5-6,11,16-17,22,35H,2-4,7-10,12-15H2,1H3,(H2,34,36). The van der Waals surface area contributed by atoms with Gasteiger partial charge < -0.3 is 20.9 Å². The highest BCUT2D eigenvalue weighted by atomic mass is 35.5. The van der Waals surface area contributed by atoms with Gasteiger partial charge in [-0.25, -0.2) is 14.2 Å². The van der Waals surface area contributed by atoms with E-state index in [1.165, 1.54) is 6.07 Å². The number of nitrogens with zero attached hydrogens (tertiary/aromatic N) is 6. The quantitative estimate of drug-likeness (QED) is 0.336. The molecule has 4 aliphatic heterocycles. The molecule has 3 N–H and O–H groups in total. The van der Waals surface area contributed by atoms with Crippen molar-refractivity contribution in [3.8, 4) is 11.1 Å². The maximum Gasteiger partial charge on any atom is 0.350 e. The number of nitrogens with two attached hydrogens (primary N) is 1. The average Bonchev–Trinajstić information content (AvgIpc) is 3.41. The molecule has 2 aromatic carbocycles. The maximum atomic E-state index is 14.9. The van der Waals surface area contributed by atoms with Crippen molar-refractivity contribution in [3.63, 3.8) is 0 Å². The topological polar surface area (TPSA) is 95.6 Å². The zero-order valence-corrected chi connectivity index (χ0v) is 26.9. The summed E-state index contributed by atoms with van der Waals surface area (Å²) in [6.45, 7) is 9.04. The van der Waals surface area contributed by atoms with Crippen molar-refractivity contribution in [1.29, 1.82) is 0 Å². The molecule has 2 aromatic heterocycles. The van der Waals surface area contributed by atoms with Gasteiger partial charge in [0.2, 0.25) is 0 Å². The van der Waals surface area contributed by atoms with Crippen LogP contribution in [0.4, 0.5) is 15.3 Å². The molecule has 0 amide bonds. The predicted octanol–water partition coefficient (Wildman–Crippen LogP) is 4.20. The molecule has 0 radical (unpaired) electrons. The van der Waals surface area contributed by atoms with Crippen molar-refractivity contribution >= 4 is 66.8 Å². The predicted molar refractivity (Wildman–Crippen MR) is 177 cm³/mol. The van der Waals surface area contributed by atoms with Gasteiger partial charge in [0, 0.05) is 84.6 Å². The van der Waals surface area contributed by atoms with Crippen molar-refractivity contribution in [2.75, 3.05) is 62.2 Å². The van der Waals surface area contributed by atoms with Crippen LogP contribution in [0.25, 0.3) is 32.2 Å². The van der Waals surface area contributed by atoms with Gasteiger partial charge in [0.25, 0.3) is 0 Å². The third-order valence-corrected chi connectivity index (χ3v) is 13.1. The lowest BCUT2D eigenvalue weighted by atomic mass is 10.0. The first-order chi connectivity index (χ1) is 21.3. The molecule has 1 saturated carbocycles. The van der Waals surface area contributed by atoms with Crippen LogP contribution in [0.2, 0.25) is 5.02 Å². The number of aromatic nitrogens is 3. The highest BCUT2D eigenvalue weighted by molar-refractivity contribution is 7.99. The lowest BCUT2D eigenvalue weighted by Gasteiger charge is -2.38. The smallest absolute Gasteiger partial charge is 0.350 e. The van der Waals surface area contributed by atoms with E-state index in [0.29, 0.717) is 38.5 Å². The summed E-state index contributed by atoms with van der Waals surface area (Å²) < 4.78 is 17.3.